The molecule has 1 spiro atoms. The molecular weight excluding hydrogens is 457 g/mol. The predicted molar refractivity (Wildman–Crippen MR) is 127 cm³/mol. The van der Waals surface area contributed by atoms with E-state index in [1.807, 2.05) is 17.9 Å². The number of halogens is 3. The molecule has 2 aliphatic heterocycles. The number of carbonyl (C=O) groups excluding carboxylic acids is 1. The summed E-state index contributed by atoms with van der Waals surface area (Å²) in [6.07, 6.45) is -2.62. The molecule has 2 aromatic heterocycles. The molecular formula is C25H27F3N6O. The number of anilines is 2. The average Bonchev–Trinajstić information content (AvgIpc) is 2.70. The number of hydrogen-bond donors (Lipinski definition) is 1. The normalized spacial score (nSPS) is 17.8. The highest BCUT2D eigenvalue weighted by molar-refractivity contribution is 5.89. The van der Waals surface area contributed by atoms with Crippen LogP contribution in [0.25, 0.3) is 11.0 Å². The number of benzene rings is 1. The van der Waals surface area contributed by atoms with E-state index in [-0.39, 0.29) is 16.9 Å². The fraction of sp³-hybridized carbons (Fsp3) is 0.440. The molecule has 1 aromatic carbocycles. The second-order valence-corrected chi connectivity index (χ2v) is 9.80. The molecule has 4 heterocycles. The van der Waals surface area contributed by atoms with E-state index in [9.17, 15) is 18.0 Å². The van der Waals surface area contributed by atoms with Gasteiger partial charge in [-0.25, -0.2) is 15.0 Å². The first-order valence-corrected chi connectivity index (χ1v) is 11.5. The summed E-state index contributed by atoms with van der Waals surface area (Å²) in [6.45, 7) is 9.92. The van der Waals surface area contributed by atoms with Crippen molar-refractivity contribution < 1.29 is 18.0 Å². The Balaban J connectivity index is 1.40. The second-order valence-electron chi connectivity index (χ2n) is 9.80. The van der Waals surface area contributed by atoms with Gasteiger partial charge in [0.25, 0.3) is 0 Å². The standard InChI is InChI=1S/C25H27F3N6O/c1-14-19(6-5-7-21(14)25(26,27)28)15(2)30-23-20-8-18(9-29-22(20)31-16(3)32-23)34-12-24(13-34)10-33(11-24)17(4)35/h5-9,15H,10-13H2,1-4H3,(H,29,30,31,32)/t15-/m1/s1. The van der Waals surface area contributed by atoms with E-state index >= 15 is 0 Å². The smallest absolute Gasteiger partial charge is 0.369 e. The zero-order valence-electron chi connectivity index (χ0n) is 20.1. The van der Waals surface area contributed by atoms with E-state index in [2.05, 4.69) is 25.2 Å². The van der Waals surface area contributed by atoms with Crippen molar-refractivity contribution in [3.63, 3.8) is 0 Å². The Labute approximate surface area is 201 Å². The number of fused-ring (bicyclic) bond motifs is 1. The third-order valence-corrected chi connectivity index (χ3v) is 7.07. The van der Waals surface area contributed by atoms with Gasteiger partial charge < -0.3 is 15.1 Å². The van der Waals surface area contributed by atoms with E-state index in [0.29, 0.717) is 28.2 Å². The molecule has 184 valence electrons. The lowest BCUT2D eigenvalue weighted by molar-refractivity contribution is -0.142. The average molecular weight is 485 g/mol. The molecule has 1 atom stereocenters. The van der Waals surface area contributed by atoms with Crippen LogP contribution in [0.5, 0.6) is 0 Å². The van der Waals surface area contributed by atoms with Crippen molar-refractivity contribution in [1.82, 2.24) is 19.9 Å². The molecule has 1 N–H and O–H groups in total. The highest BCUT2D eigenvalue weighted by Crippen LogP contribution is 2.42. The van der Waals surface area contributed by atoms with Gasteiger partial charge in [0.2, 0.25) is 5.91 Å². The van der Waals surface area contributed by atoms with Crippen LogP contribution in [0.2, 0.25) is 0 Å². The SMILES string of the molecule is CC(=O)N1CC2(C1)CN(c1cnc3nc(C)nc(N[C@H](C)c4cccc(C(F)(F)F)c4C)c3c1)C2. The van der Waals surface area contributed by atoms with Crippen LogP contribution in [0, 0.1) is 19.3 Å². The fourth-order valence-corrected chi connectivity index (χ4v) is 5.24. The summed E-state index contributed by atoms with van der Waals surface area (Å²) in [5.41, 5.74) is 1.72. The maximum absolute atomic E-state index is 13.4. The maximum Gasteiger partial charge on any atom is 0.416 e. The van der Waals surface area contributed by atoms with E-state index in [1.54, 1.807) is 26.1 Å². The second kappa shape index (κ2) is 8.07. The largest absolute Gasteiger partial charge is 0.416 e. The minimum Gasteiger partial charge on any atom is -0.369 e. The van der Waals surface area contributed by atoms with Gasteiger partial charge in [0.1, 0.15) is 11.6 Å². The molecule has 1 amide bonds. The minimum absolute atomic E-state index is 0.106. The molecule has 0 unspecified atom stereocenters. The van der Waals surface area contributed by atoms with Crippen molar-refractivity contribution in [2.45, 2.75) is 39.9 Å². The Hall–Kier alpha value is -3.43. The van der Waals surface area contributed by atoms with Gasteiger partial charge in [0.15, 0.2) is 5.65 Å². The van der Waals surface area contributed by atoms with Gasteiger partial charge >= 0.3 is 6.18 Å². The lowest BCUT2D eigenvalue weighted by Gasteiger charge is -2.60. The van der Waals surface area contributed by atoms with E-state index in [4.69, 9.17) is 0 Å². The Kier molecular flexibility index (Phi) is 5.37. The van der Waals surface area contributed by atoms with E-state index < -0.39 is 17.8 Å². The predicted octanol–water partition coefficient (Wildman–Crippen LogP) is 4.50. The molecule has 0 radical (unpaired) electrons. The monoisotopic (exact) mass is 484 g/mol. The van der Waals surface area contributed by atoms with Crippen LogP contribution in [0.3, 0.4) is 0 Å². The van der Waals surface area contributed by atoms with Crippen molar-refractivity contribution in [3.05, 3.63) is 53.0 Å². The van der Waals surface area contributed by atoms with Gasteiger partial charge in [-0.1, -0.05) is 12.1 Å². The van der Waals surface area contributed by atoms with Crippen LogP contribution < -0.4 is 10.2 Å². The fourth-order valence-electron chi connectivity index (χ4n) is 5.24. The molecule has 10 heteroatoms. The van der Waals surface area contributed by atoms with Crippen LogP contribution in [0.4, 0.5) is 24.7 Å². The van der Waals surface area contributed by atoms with Gasteiger partial charge in [-0.3, -0.25) is 4.79 Å². The number of nitrogens with one attached hydrogen (secondary N) is 1. The van der Waals surface area contributed by atoms with Gasteiger partial charge in [-0.15, -0.1) is 0 Å². The van der Waals surface area contributed by atoms with Crippen LogP contribution in [0.1, 0.15) is 42.4 Å². The summed E-state index contributed by atoms with van der Waals surface area (Å²) in [7, 11) is 0. The van der Waals surface area contributed by atoms with Crippen molar-refractivity contribution in [3.8, 4) is 0 Å². The van der Waals surface area contributed by atoms with Gasteiger partial charge in [0.05, 0.1) is 28.9 Å². The summed E-state index contributed by atoms with van der Waals surface area (Å²) < 4.78 is 40.2. The highest BCUT2D eigenvalue weighted by Gasteiger charge is 2.52. The number of pyridine rings is 1. The zero-order valence-corrected chi connectivity index (χ0v) is 20.1. The van der Waals surface area contributed by atoms with Gasteiger partial charge in [0, 0.05) is 38.5 Å². The van der Waals surface area contributed by atoms with E-state index in [1.165, 1.54) is 13.0 Å². The number of aryl methyl sites for hydroxylation is 1. The van der Waals surface area contributed by atoms with Crippen LogP contribution in [-0.2, 0) is 11.0 Å². The number of nitrogens with zero attached hydrogens (tertiary/aromatic N) is 5. The van der Waals surface area contributed by atoms with Crippen LogP contribution >= 0.6 is 0 Å². The van der Waals surface area contributed by atoms with Crippen molar-refractivity contribution >= 4 is 28.4 Å². The molecule has 0 bridgehead atoms. The Morgan fingerprint density at radius 3 is 2.51 bits per heavy atom. The third-order valence-electron chi connectivity index (χ3n) is 7.07. The van der Waals surface area contributed by atoms with Crippen molar-refractivity contribution in [2.24, 2.45) is 5.41 Å². The first-order chi connectivity index (χ1) is 16.5. The highest BCUT2D eigenvalue weighted by atomic mass is 19.4. The number of rotatable bonds is 4. The van der Waals surface area contributed by atoms with E-state index in [0.717, 1.165) is 37.9 Å². The molecule has 2 fully saturated rings. The summed E-state index contributed by atoms with van der Waals surface area (Å²) >= 11 is 0. The molecule has 35 heavy (non-hydrogen) atoms. The molecule has 3 aromatic rings. The van der Waals surface area contributed by atoms with Crippen molar-refractivity contribution in [2.75, 3.05) is 36.4 Å². The molecule has 0 saturated carbocycles. The summed E-state index contributed by atoms with van der Waals surface area (Å²) in [6, 6.07) is 5.79. The Morgan fingerprint density at radius 1 is 1.14 bits per heavy atom. The van der Waals surface area contributed by atoms with Gasteiger partial charge in [-0.2, -0.15) is 13.2 Å². The first-order valence-electron chi connectivity index (χ1n) is 11.5. The number of carbonyl (C=O) groups is 1. The van der Waals surface area contributed by atoms with Gasteiger partial charge in [-0.05, 0) is 44.0 Å². The van der Waals surface area contributed by atoms with Crippen molar-refractivity contribution in [1.29, 1.82) is 0 Å². The number of hydrogen-bond acceptors (Lipinski definition) is 6. The number of alkyl halides is 3. The summed E-state index contributed by atoms with van der Waals surface area (Å²) in [5, 5.41) is 4.01. The van der Waals surface area contributed by atoms with Crippen LogP contribution in [-0.4, -0.2) is 51.9 Å². The summed E-state index contributed by atoms with van der Waals surface area (Å²) in [5.74, 6) is 1.16. The lowest BCUT2D eigenvalue weighted by Crippen LogP contribution is -2.72. The third kappa shape index (κ3) is 4.15. The topological polar surface area (TPSA) is 74.2 Å². The Morgan fingerprint density at radius 2 is 1.86 bits per heavy atom. The summed E-state index contributed by atoms with van der Waals surface area (Å²) in [4.78, 5) is 29.1. The molecule has 2 saturated heterocycles. The molecule has 7 nitrogen and oxygen atoms in total. The maximum atomic E-state index is 13.4. The number of amides is 1. The van der Waals surface area contributed by atoms with Crippen LogP contribution in [0.15, 0.2) is 30.5 Å². The Bertz CT molecular complexity index is 1310. The molecule has 0 aliphatic carbocycles. The molecule has 2 aliphatic rings. The first kappa shape index (κ1) is 23.3. The lowest BCUT2D eigenvalue weighted by atomic mass is 9.72. The number of likely N-dealkylation sites (tertiary alicyclic amines) is 1. The number of aromatic nitrogens is 3. The minimum atomic E-state index is -4.41. The molecule has 5 rings (SSSR count). The quantitative estimate of drug-likeness (QED) is 0.588. The zero-order chi connectivity index (χ0) is 25.1.